The van der Waals surface area contributed by atoms with Crippen LogP contribution in [-0.4, -0.2) is 40.6 Å². The van der Waals surface area contributed by atoms with E-state index in [0.717, 1.165) is 43.5 Å². The van der Waals surface area contributed by atoms with Crippen LogP contribution in [0, 0.1) is 10.1 Å². The van der Waals surface area contributed by atoms with Crippen LogP contribution in [0.15, 0.2) is 23.1 Å². The van der Waals surface area contributed by atoms with Gasteiger partial charge in [0.1, 0.15) is 0 Å². The molecule has 2 heterocycles. The Morgan fingerprint density at radius 3 is 2.54 bits per heavy atom. The third kappa shape index (κ3) is 4.87. The van der Waals surface area contributed by atoms with Gasteiger partial charge in [-0.3, -0.25) is 19.7 Å². The van der Waals surface area contributed by atoms with Crippen molar-refractivity contribution in [3.63, 3.8) is 0 Å². The maximum atomic E-state index is 12.2. The molecule has 2 amide bonds. The number of carbonyl (C=O) groups is 2. The summed E-state index contributed by atoms with van der Waals surface area (Å²) in [5, 5.41) is 17.7. The van der Waals surface area contributed by atoms with Crippen LogP contribution in [0.25, 0.3) is 0 Å². The van der Waals surface area contributed by atoms with E-state index >= 15 is 0 Å². The van der Waals surface area contributed by atoms with Gasteiger partial charge in [-0.25, -0.2) is 0 Å². The number of piperidine rings is 1. The van der Waals surface area contributed by atoms with E-state index in [4.69, 9.17) is 5.73 Å². The third-order valence-corrected chi connectivity index (χ3v) is 5.70. The lowest BCUT2D eigenvalue weighted by Gasteiger charge is -2.29. The van der Waals surface area contributed by atoms with E-state index in [1.165, 1.54) is 12.1 Å². The molecule has 26 heavy (non-hydrogen) atoms. The van der Waals surface area contributed by atoms with Crippen LogP contribution in [-0.2, 0) is 4.79 Å². The number of amides is 2. The second-order valence-electron chi connectivity index (χ2n) is 6.47. The molecular weight excluding hydrogens is 380 g/mol. The standard InChI is InChI=1S/C16H20N4O4S.ClH/c17-16(22)9-1-4-14(13(5-9)20(23)24)25-8-15(21)19-12-6-10-2-3-11(7-12)18-10;/h1,4-5,10-12,18H,2-3,6-8H2,(H2,17,22)(H,19,21);1H. The van der Waals surface area contributed by atoms with Crippen molar-refractivity contribution in [1.82, 2.24) is 10.6 Å². The molecule has 2 aliphatic heterocycles. The maximum absolute atomic E-state index is 12.2. The summed E-state index contributed by atoms with van der Waals surface area (Å²) in [5.41, 5.74) is 5.01. The Morgan fingerprint density at radius 1 is 1.31 bits per heavy atom. The molecule has 8 nitrogen and oxygen atoms in total. The molecule has 0 radical (unpaired) electrons. The fraction of sp³-hybridized carbons (Fsp3) is 0.500. The molecule has 2 saturated heterocycles. The predicted molar refractivity (Wildman–Crippen MR) is 101 cm³/mol. The summed E-state index contributed by atoms with van der Waals surface area (Å²) in [6, 6.07) is 5.17. The molecule has 2 aliphatic rings. The number of nitro benzene ring substituents is 1. The summed E-state index contributed by atoms with van der Waals surface area (Å²) in [6.07, 6.45) is 4.18. The van der Waals surface area contributed by atoms with Gasteiger partial charge in [0, 0.05) is 29.8 Å². The number of rotatable bonds is 6. The molecule has 4 N–H and O–H groups in total. The van der Waals surface area contributed by atoms with Crippen molar-refractivity contribution in [3.05, 3.63) is 33.9 Å². The average molecular weight is 401 g/mol. The Morgan fingerprint density at radius 2 is 1.96 bits per heavy atom. The van der Waals surface area contributed by atoms with Crippen LogP contribution in [0.1, 0.15) is 36.0 Å². The highest BCUT2D eigenvalue weighted by Gasteiger charge is 2.34. The Bertz CT molecular complexity index is 705. The van der Waals surface area contributed by atoms with Crippen LogP contribution in [0.4, 0.5) is 5.69 Å². The second kappa shape index (κ2) is 8.70. The number of nitro groups is 1. The summed E-state index contributed by atoms with van der Waals surface area (Å²) >= 11 is 1.09. The Kier molecular flexibility index (Phi) is 6.85. The molecule has 1 aromatic carbocycles. The Labute approximate surface area is 161 Å². The zero-order chi connectivity index (χ0) is 18.0. The first kappa shape index (κ1) is 20.5. The lowest BCUT2D eigenvalue weighted by atomic mass is 10.00. The minimum absolute atomic E-state index is 0. The summed E-state index contributed by atoms with van der Waals surface area (Å²) in [7, 11) is 0. The van der Waals surface area contributed by atoms with Crippen LogP contribution in [0.3, 0.4) is 0 Å². The van der Waals surface area contributed by atoms with Crippen molar-refractivity contribution in [2.24, 2.45) is 5.73 Å². The number of hydrogen-bond donors (Lipinski definition) is 3. The second-order valence-corrected chi connectivity index (χ2v) is 7.48. The SMILES string of the molecule is Cl.NC(=O)c1ccc(SCC(=O)NC2CC3CCC(C2)N3)c([N+](=O)[O-])c1. The number of nitrogens with one attached hydrogen (secondary N) is 2. The zero-order valence-electron chi connectivity index (χ0n) is 14.0. The van der Waals surface area contributed by atoms with E-state index < -0.39 is 10.8 Å². The van der Waals surface area contributed by atoms with Crippen molar-refractivity contribution in [2.45, 2.75) is 48.7 Å². The number of fused-ring (bicyclic) bond motifs is 2. The molecular formula is C16H21ClN4O4S. The van der Waals surface area contributed by atoms with E-state index in [0.29, 0.717) is 17.0 Å². The molecule has 2 unspecified atom stereocenters. The molecule has 1 aromatic rings. The van der Waals surface area contributed by atoms with Gasteiger partial charge in [0.2, 0.25) is 11.8 Å². The highest BCUT2D eigenvalue weighted by atomic mass is 35.5. The van der Waals surface area contributed by atoms with Crippen LogP contribution < -0.4 is 16.4 Å². The van der Waals surface area contributed by atoms with Crippen molar-refractivity contribution >= 4 is 41.7 Å². The van der Waals surface area contributed by atoms with Gasteiger partial charge in [0.15, 0.2) is 0 Å². The number of carbonyl (C=O) groups excluding carboxylic acids is 2. The van der Waals surface area contributed by atoms with Gasteiger partial charge in [-0.15, -0.1) is 24.2 Å². The minimum Gasteiger partial charge on any atom is -0.366 e. The molecule has 2 fully saturated rings. The topological polar surface area (TPSA) is 127 Å². The quantitative estimate of drug-likeness (QED) is 0.378. The van der Waals surface area contributed by atoms with Crippen molar-refractivity contribution < 1.29 is 14.5 Å². The number of primary amides is 1. The first-order valence-electron chi connectivity index (χ1n) is 8.19. The molecule has 0 saturated carbocycles. The lowest BCUT2D eigenvalue weighted by Crippen LogP contribution is -2.48. The Hall–Kier alpha value is -1.84. The summed E-state index contributed by atoms with van der Waals surface area (Å²) in [4.78, 5) is 34.3. The normalized spacial score (nSPS) is 23.8. The van der Waals surface area contributed by atoms with Gasteiger partial charge in [-0.2, -0.15) is 0 Å². The van der Waals surface area contributed by atoms with Crippen LogP contribution >= 0.6 is 24.2 Å². The average Bonchev–Trinajstić information content (AvgIpc) is 2.91. The molecule has 0 aliphatic carbocycles. The first-order valence-corrected chi connectivity index (χ1v) is 9.17. The van der Waals surface area contributed by atoms with Crippen molar-refractivity contribution in [3.8, 4) is 0 Å². The summed E-state index contributed by atoms with van der Waals surface area (Å²) in [5.74, 6) is -0.766. The van der Waals surface area contributed by atoms with Gasteiger partial charge in [-0.1, -0.05) is 0 Å². The fourth-order valence-corrected chi connectivity index (χ4v) is 4.34. The fourth-order valence-electron chi connectivity index (χ4n) is 3.52. The smallest absolute Gasteiger partial charge is 0.283 e. The molecule has 3 rings (SSSR count). The van der Waals surface area contributed by atoms with E-state index in [9.17, 15) is 19.7 Å². The van der Waals surface area contributed by atoms with Gasteiger partial charge in [0.25, 0.3) is 5.69 Å². The number of nitrogens with zero attached hydrogens (tertiary/aromatic N) is 1. The van der Waals surface area contributed by atoms with Crippen LogP contribution in [0.2, 0.25) is 0 Å². The molecule has 2 bridgehead atoms. The largest absolute Gasteiger partial charge is 0.366 e. The van der Waals surface area contributed by atoms with Crippen molar-refractivity contribution in [2.75, 3.05) is 5.75 Å². The predicted octanol–water partition coefficient (Wildman–Crippen LogP) is 1.61. The van der Waals surface area contributed by atoms with E-state index in [1.807, 2.05) is 0 Å². The molecule has 0 aromatic heterocycles. The van der Waals surface area contributed by atoms with Crippen LogP contribution in [0.5, 0.6) is 0 Å². The van der Waals surface area contributed by atoms with Crippen molar-refractivity contribution in [1.29, 1.82) is 0 Å². The third-order valence-electron chi connectivity index (χ3n) is 4.64. The molecule has 142 valence electrons. The monoisotopic (exact) mass is 400 g/mol. The van der Waals surface area contributed by atoms with Gasteiger partial charge >= 0.3 is 0 Å². The highest BCUT2D eigenvalue weighted by Crippen LogP contribution is 2.30. The van der Waals surface area contributed by atoms with Gasteiger partial charge in [-0.05, 0) is 37.8 Å². The Balaban J connectivity index is 0.00000243. The first-order chi connectivity index (χ1) is 11.9. The molecule has 10 heteroatoms. The number of halogens is 1. The van der Waals surface area contributed by atoms with E-state index in [-0.39, 0.29) is 41.4 Å². The molecule has 0 spiro atoms. The number of hydrogen-bond acceptors (Lipinski definition) is 6. The number of benzene rings is 1. The van der Waals surface area contributed by atoms with Gasteiger partial charge in [0.05, 0.1) is 15.6 Å². The van der Waals surface area contributed by atoms with E-state index in [1.54, 1.807) is 0 Å². The molecule has 2 atom stereocenters. The minimum atomic E-state index is -0.724. The zero-order valence-corrected chi connectivity index (χ0v) is 15.6. The summed E-state index contributed by atoms with van der Waals surface area (Å²) in [6.45, 7) is 0. The number of thioether (sulfide) groups is 1. The number of nitrogens with two attached hydrogens (primary N) is 1. The summed E-state index contributed by atoms with van der Waals surface area (Å²) < 4.78 is 0. The maximum Gasteiger partial charge on any atom is 0.283 e. The highest BCUT2D eigenvalue weighted by molar-refractivity contribution is 8.00. The van der Waals surface area contributed by atoms with E-state index in [2.05, 4.69) is 10.6 Å². The lowest BCUT2D eigenvalue weighted by molar-refractivity contribution is -0.387. The van der Waals surface area contributed by atoms with Gasteiger partial charge < -0.3 is 16.4 Å².